The summed E-state index contributed by atoms with van der Waals surface area (Å²) in [4.78, 5) is 13.9. The number of hydrogen-bond donors (Lipinski definition) is 1. The Balaban J connectivity index is 2.04. The van der Waals surface area contributed by atoms with Crippen LogP contribution in [0.25, 0.3) is 0 Å². The number of rotatable bonds is 8. The van der Waals surface area contributed by atoms with Crippen LogP contribution in [0.15, 0.2) is 40.7 Å². The molecule has 0 saturated heterocycles. The van der Waals surface area contributed by atoms with E-state index in [0.717, 1.165) is 42.7 Å². The molecule has 0 aliphatic rings. The second kappa shape index (κ2) is 10.3. The van der Waals surface area contributed by atoms with E-state index in [1.807, 2.05) is 6.92 Å². The lowest BCUT2D eigenvalue weighted by molar-refractivity contribution is 0.297. The summed E-state index contributed by atoms with van der Waals surface area (Å²) in [5.41, 5.74) is 2.44. The molecule has 1 unspecified atom stereocenters. The van der Waals surface area contributed by atoms with Crippen molar-refractivity contribution in [1.82, 2.24) is 20.1 Å². The number of nitrogens with zero attached hydrogens (tertiary/aromatic N) is 4. The number of guanidine groups is 1. The van der Waals surface area contributed by atoms with Crippen molar-refractivity contribution in [1.29, 1.82) is 0 Å². The van der Waals surface area contributed by atoms with E-state index in [4.69, 9.17) is 4.99 Å². The fourth-order valence-electron chi connectivity index (χ4n) is 2.76. The quantitative estimate of drug-likeness (QED) is 0.571. The Morgan fingerprint density at radius 2 is 1.96 bits per heavy atom. The average Bonchev–Trinajstić information content (AvgIpc) is 3.02. The summed E-state index contributed by atoms with van der Waals surface area (Å²) in [5.74, 6) is 0.929. The molecule has 0 aliphatic carbocycles. The van der Waals surface area contributed by atoms with Gasteiger partial charge in [-0.05, 0) is 39.9 Å². The zero-order valence-electron chi connectivity index (χ0n) is 16.6. The average molecular weight is 374 g/mol. The van der Waals surface area contributed by atoms with E-state index in [9.17, 15) is 0 Å². The lowest BCUT2D eigenvalue weighted by atomic mass is 10.1. The van der Waals surface area contributed by atoms with E-state index in [2.05, 4.69) is 83.9 Å². The third-order valence-electron chi connectivity index (χ3n) is 4.26. The highest BCUT2D eigenvalue weighted by Crippen LogP contribution is 2.11. The molecular weight excluding hydrogens is 342 g/mol. The van der Waals surface area contributed by atoms with Crippen LogP contribution >= 0.6 is 11.3 Å². The van der Waals surface area contributed by atoms with Crippen molar-refractivity contribution in [3.05, 3.63) is 52.0 Å². The molecule has 0 aliphatic heterocycles. The van der Waals surface area contributed by atoms with Crippen molar-refractivity contribution in [2.24, 2.45) is 4.99 Å². The maximum Gasteiger partial charge on any atom is 0.194 e. The first-order chi connectivity index (χ1) is 12.5. The summed E-state index contributed by atoms with van der Waals surface area (Å²) in [5, 5.41) is 6.62. The van der Waals surface area contributed by atoms with Crippen molar-refractivity contribution in [2.75, 3.05) is 34.2 Å². The molecule has 6 heteroatoms. The molecule has 0 saturated carbocycles. The number of nitrogens with one attached hydrogen (secondary N) is 1. The summed E-state index contributed by atoms with van der Waals surface area (Å²) in [6.07, 6.45) is 0.992. The molecule has 0 radical (unpaired) electrons. The van der Waals surface area contributed by atoms with E-state index in [1.165, 1.54) is 5.56 Å². The summed E-state index contributed by atoms with van der Waals surface area (Å²) >= 11 is 1.69. The smallest absolute Gasteiger partial charge is 0.194 e. The van der Waals surface area contributed by atoms with E-state index in [-0.39, 0.29) is 0 Å². The van der Waals surface area contributed by atoms with Crippen LogP contribution < -0.4 is 5.32 Å². The van der Waals surface area contributed by atoms with Gasteiger partial charge in [-0.2, -0.15) is 0 Å². The number of aromatic nitrogens is 1. The predicted molar refractivity (Wildman–Crippen MR) is 112 cm³/mol. The van der Waals surface area contributed by atoms with Crippen molar-refractivity contribution >= 4 is 17.3 Å². The summed E-state index contributed by atoms with van der Waals surface area (Å²) < 4.78 is 0. The Labute approximate surface area is 161 Å². The van der Waals surface area contributed by atoms with Crippen LogP contribution in [0.1, 0.15) is 23.2 Å². The van der Waals surface area contributed by atoms with Crippen molar-refractivity contribution in [3.63, 3.8) is 0 Å². The van der Waals surface area contributed by atoms with Gasteiger partial charge in [0.05, 0.1) is 23.8 Å². The van der Waals surface area contributed by atoms with Crippen LogP contribution in [0.5, 0.6) is 0 Å². The maximum absolute atomic E-state index is 4.90. The molecule has 1 atom stereocenters. The minimum absolute atomic E-state index is 0.362. The Kier molecular flexibility index (Phi) is 8.06. The Bertz CT molecular complexity index is 681. The highest BCUT2D eigenvalue weighted by Gasteiger charge is 2.14. The van der Waals surface area contributed by atoms with Crippen molar-refractivity contribution < 1.29 is 0 Å². The Hall–Kier alpha value is -1.92. The number of likely N-dealkylation sites (N-methyl/N-ethyl adjacent to an activating group) is 1. The van der Waals surface area contributed by atoms with E-state index < -0.39 is 0 Å². The number of thiazole rings is 1. The zero-order valence-corrected chi connectivity index (χ0v) is 17.4. The molecular formula is C20H31N5S. The van der Waals surface area contributed by atoms with Gasteiger partial charge in [-0.1, -0.05) is 30.3 Å². The largest absolute Gasteiger partial charge is 0.357 e. The van der Waals surface area contributed by atoms with Crippen LogP contribution in [0.4, 0.5) is 0 Å². The fourth-order valence-corrected chi connectivity index (χ4v) is 3.36. The molecule has 0 fully saturated rings. The first-order valence-electron chi connectivity index (χ1n) is 9.10. The second-order valence-electron chi connectivity index (χ2n) is 6.72. The summed E-state index contributed by atoms with van der Waals surface area (Å²) in [6, 6.07) is 11.0. The normalized spacial score (nSPS) is 13.1. The second-order valence-corrected chi connectivity index (χ2v) is 7.78. The third kappa shape index (κ3) is 6.42. The molecule has 2 aromatic rings. The van der Waals surface area contributed by atoms with Gasteiger partial charge in [0.2, 0.25) is 0 Å². The molecule has 2 rings (SSSR count). The zero-order chi connectivity index (χ0) is 18.9. The van der Waals surface area contributed by atoms with Gasteiger partial charge in [-0.3, -0.25) is 4.99 Å². The minimum Gasteiger partial charge on any atom is -0.357 e. The molecule has 26 heavy (non-hydrogen) atoms. The topological polar surface area (TPSA) is 43.8 Å². The van der Waals surface area contributed by atoms with Crippen LogP contribution in [0.2, 0.25) is 0 Å². The molecule has 0 amide bonds. The van der Waals surface area contributed by atoms with Crippen molar-refractivity contribution in [2.45, 2.75) is 32.9 Å². The van der Waals surface area contributed by atoms with Gasteiger partial charge in [0.25, 0.3) is 0 Å². The Morgan fingerprint density at radius 1 is 1.23 bits per heavy atom. The Morgan fingerprint density at radius 3 is 2.54 bits per heavy atom. The highest BCUT2D eigenvalue weighted by molar-refractivity contribution is 7.09. The molecule has 5 nitrogen and oxygen atoms in total. The standard InChI is InChI=1S/C20H31N5S/c1-6-21-20(25(5)14-18-15-26-16(2)23-18)22-13-19(24(3)4)12-17-10-8-7-9-11-17/h7-11,15,19H,6,12-14H2,1-5H3,(H,21,22). The van der Waals surface area contributed by atoms with Crippen LogP contribution in [0, 0.1) is 6.92 Å². The minimum atomic E-state index is 0.362. The van der Waals surface area contributed by atoms with Gasteiger partial charge in [0, 0.05) is 25.0 Å². The van der Waals surface area contributed by atoms with Crippen LogP contribution in [0.3, 0.4) is 0 Å². The van der Waals surface area contributed by atoms with Gasteiger partial charge < -0.3 is 15.1 Å². The lowest BCUT2D eigenvalue weighted by Crippen LogP contribution is -2.40. The molecule has 1 aromatic carbocycles. The predicted octanol–water partition coefficient (Wildman–Crippen LogP) is 3.02. The van der Waals surface area contributed by atoms with Gasteiger partial charge in [0.15, 0.2) is 5.96 Å². The number of hydrogen-bond acceptors (Lipinski definition) is 4. The summed E-state index contributed by atoms with van der Waals surface area (Å²) in [6.45, 7) is 6.51. The molecule has 1 aromatic heterocycles. The van der Waals surface area contributed by atoms with E-state index >= 15 is 0 Å². The van der Waals surface area contributed by atoms with Gasteiger partial charge in [-0.15, -0.1) is 11.3 Å². The highest BCUT2D eigenvalue weighted by atomic mass is 32.1. The number of aryl methyl sites for hydroxylation is 1. The molecule has 1 heterocycles. The number of aliphatic imine (C=N–C) groups is 1. The number of benzene rings is 1. The fraction of sp³-hybridized carbons (Fsp3) is 0.500. The van der Waals surface area contributed by atoms with Crippen LogP contribution in [-0.2, 0) is 13.0 Å². The lowest BCUT2D eigenvalue weighted by Gasteiger charge is -2.25. The molecule has 0 bridgehead atoms. The third-order valence-corrected chi connectivity index (χ3v) is 5.08. The van der Waals surface area contributed by atoms with Crippen molar-refractivity contribution in [3.8, 4) is 0 Å². The molecule has 1 N–H and O–H groups in total. The first-order valence-corrected chi connectivity index (χ1v) is 9.98. The van der Waals surface area contributed by atoms with E-state index in [1.54, 1.807) is 11.3 Å². The summed E-state index contributed by atoms with van der Waals surface area (Å²) in [7, 11) is 6.31. The van der Waals surface area contributed by atoms with Gasteiger partial charge in [-0.25, -0.2) is 4.98 Å². The van der Waals surface area contributed by atoms with Gasteiger partial charge >= 0.3 is 0 Å². The van der Waals surface area contributed by atoms with Gasteiger partial charge in [0.1, 0.15) is 0 Å². The monoisotopic (exact) mass is 373 g/mol. The maximum atomic E-state index is 4.90. The first kappa shape index (κ1) is 20.4. The molecule has 0 spiro atoms. The SMILES string of the molecule is CCNC(=NCC(Cc1ccccc1)N(C)C)N(C)Cc1csc(C)n1. The molecule has 142 valence electrons. The van der Waals surface area contributed by atoms with E-state index in [0.29, 0.717) is 6.04 Å². The van der Waals surface area contributed by atoms with Crippen LogP contribution in [-0.4, -0.2) is 61.0 Å².